The summed E-state index contributed by atoms with van der Waals surface area (Å²) in [6.45, 7) is 9.95. The van der Waals surface area contributed by atoms with Crippen LogP contribution in [0.2, 0.25) is 0 Å². The molecule has 3 heteroatoms. The first-order valence-corrected chi connectivity index (χ1v) is 6.86. The normalized spacial score (nSPS) is 24.5. The van der Waals surface area contributed by atoms with E-state index in [1.165, 1.54) is 19.3 Å². The first kappa shape index (κ1) is 12.5. The van der Waals surface area contributed by atoms with Gasteiger partial charge in [0.05, 0.1) is 5.69 Å². The van der Waals surface area contributed by atoms with Gasteiger partial charge in [-0.2, -0.15) is 0 Å². The molecule has 1 N–H and O–H groups in total. The largest absolute Gasteiger partial charge is 0.353 e. The molecular weight excluding hydrogens is 210 g/mol. The molecular formula is C14H25N3. The number of hydrogen-bond acceptors (Lipinski definition) is 2. The van der Waals surface area contributed by atoms with E-state index >= 15 is 0 Å². The molecule has 96 valence electrons. The highest BCUT2D eigenvalue weighted by Gasteiger charge is 2.24. The van der Waals surface area contributed by atoms with Crippen molar-refractivity contribution in [1.29, 1.82) is 0 Å². The minimum atomic E-state index is 0.614. The zero-order valence-corrected chi connectivity index (χ0v) is 11.5. The van der Waals surface area contributed by atoms with E-state index in [2.05, 4.69) is 48.8 Å². The highest BCUT2D eigenvalue weighted by molar-refractivity contribution is 5.31. The monoisotopic (exact) mass is 235 g/mol. The third-order valence-corrected chi connectivity index (χ3v) is 3.63. The van der Waals surface area contributed by atoms with Crippen molar-refractivity contribution in [3.63, 3.8) is 0 Å². The molecule has 2 rings (SSSR count). The zero-order valence-electron chi connectivity index (χ0n) is 11.5. The lowest BCUT2D eigenvalue weighted by Gasteiger charge is -2.19. The van der Waals surface area contributed by atoms with Gasteiger partial charge < -0.3 is 9.88 Å². The fourth-order valence-electron chi connectivity index (χ4n) is 2.72. The Morgan fingerprint density at radius 3 is 2.82 bits per heavy atom. The summed E-state index contributed by atoms with van der Waals surface area (Å²) in [4.78, 5) is 4.61. The maximum absolute atomic E-state index is 4.61. The smallest absolute Gasteiger partial charge is 0.203 e. The van der Waals surface area contributed by atoms with Crippen molar-refractivity contribution in [2.75, 3.05) is 5.32 Å². The molecule has 1 aromatic heterocycles. The predicted octanol–water partition coefficient (Wildman–Crippen LogP) is 3.45. The molecule has 1 saturated carbocycles. The Kier molecular flexibility index (Phi) is 3.75. The molecule has 1 aliphatic rings. The molecule has 0 aliphatic heterocycles. The van der Waals surface area contributed by atoms with Crippen molar-refractivity contribution in [2.24, 2.45) is 11.8 Å². The lowest BCUT2D eigenvalue weighted by molar-refractivity contribution is 0.512. The standard InChI is InChI=1S/C14H25N3/c1-10(2)8-17-9-12(4)15-14(17)16-13-7-5-6-11(13)3/h9-11,13H,5-8H2,1-4H3,(H,15,16). The molecule has 0 bridgehead atoms. The zero-order chi connectivity index (χ0) is 12.4. The van der Waals surface area contributed by atoms with E-state index in [1.807, 2.05) is 0 Å². The summed E-state index contributed by atoms with van der Waals surface area (Å²) in [5.74, 6) is 2.50. The topological polar surface area (TPSA) is 29.9 Å². The molecule has 0 radical (unpaired) electrons. The Bertz CT molecular complexity index is 368. The highest BCUT2D eigenvalue weighted by atomic mass is 15.2. The fourth-order valence-corrected chi connectivity index (χ4v) is 2.72. The Labute approximate surface area is 105 Å². The third-order valence-electron chi connectivity index (χ3n) is 3.63. The number of aromatic nitrogens is 2. The number of nitrogens with one attached hydrogen (secondary N) is 1. The van der Waals surface area contributed by atoms with Crippen LogP contribution < -0.4 is 5.32 Å². The van der Waals surface area contributed by atoms with Crippen LogP contribution in [0.15, 0.2) is 6.20 Å². The number of aryl methyl sites for hydroxylation is 1. The molecule has 0 spiro atoms. The summed E-state index contributed by atoms with van der Waals surface area (Å²) in [5.41, 5.74) is 1.11. The first-order chi connectivity index (χ1) is 8.06. The number of anilines is 1. The van der Waals surface area contributed by atoms with Gasteiger partial charge in [-0.15, -0.1) is 0 Å². The van der Waals surface area contributed by atoms with Gasteiger partial charge in [-0.05, 0) is 31.6 Å². The second kappa shape index (κ2) is 5.11. The van der Waals surface area contributed by atoms with Crippen LogP contribution in [0.1, 0.15) is 45.7 Å². The molecule has 2 atom stereocenters. The summed E-state index contributed by atoms with van der Waals surface area (Å²) in [7, 11) is 0. The molecule has 1 heterocycles. The summed E-state index contributed by atoms with van der Waals surface area (Å²) < 4.78 is 2.27. The molecule has 2 unspecified atom stereocenters. The molecule has 3 nitrogen and oxygen atoms in total. The fraction of sp³-hybridized carbons (Fsp3) is 0.786. The Morgan fingerprint density at radius 2 is 2.24 bits per heavy atom. The molecule has 1 fully saturated rings. The number of imidazole rings is 1. The van der Waals surface area contributed by atoms with E-state index in [1.54, 1.807) is 0 Å². The van der Waals surface area contributed by atoms with Crippen LogP contribution in [0.25, 0.3) is 0 Å². The summed E-state index contributed by atoms with van der Waals surface area (Å²) in [6, 6.07) is 0.614. The molecule has 1 aromatic rings. The van der Waals surface area contributed by atoms with Crippen molar-refractivity contribution in [3.05, 3.63) is 11.9 Å². The maximum Gasteiger partial charge on any atom is 0.203 e. The lowest BCUT2D eigenvalue weighted by atomic mass is 10.1. The van der Waals surface area contributed by atoms with Gasteiger partial charge in [0.2, 0.25) is 5.95 Å². The van der Waals surface area contributed by atoms with Gasteiger partial charge in [-0.25, -0.2) is 4.98 Å². The summed E-state index contributed by atoms with van der Waals surface area (Å²) in [5, 5.41) is 3.64. The number of nitrogens with zero attached hydrogens (tertiary/aromatic N) is 2. The van der Waals surface area contributed by atoms with Gasteiger partial charge in [0.25, 0.3) is 0 Å². The Balaban J connectivity index is 2.08. The van der Waals surface area contributed by atoms with Crippen molar-refractivity contribution in [3.8, 4) is 0 Å². The van der Waals surface area contributed by atoms with Crippen molar-refractivity contribution in [2.45, 2.75) is 59.5 Å². The molecule has 0 saturated heterocycles. The SMILES string of the molecule is Cc1cn(CC(C)C)c(NC2CCCC2C)n1. The van der Waals surface area contributed by atoms with E-state index < -0.39 is 0 Å². The molecule has 1 aliphatic carbocycles. The van der Waals surface area contributed by atoms with Crippen LogP contribution in [0.3, 0.4) is 0 Å². The highest BCUT2D eigenvalue weighted by Crippen LogP contribution is 2.27. The van der Waals surface area contributed by atoms with Crippen LogP contribution in [-0.2, 0) is 6.54 Å². The van der Waals surface area contributed by atoms with Crippen LogP contribution in [0, 0.1) is 18.8 Å². The van der Waals surface area contributed by atoms with Gasteiger partial charge in [-0.3, -0.25) is 0 Å². The third kappa shape index (κ3) is 3.02. The van der Waals surface area contributed by atoms with E-state index in [-0.39, 0.29) is 0 Å². The van der Waals surface area contributed by atoms with Crippen molar-refractivity contribution in [1.82, 2.24) is 9.55 Å². The maximum atomic E-state index is 4.61. The Morgan fingerprint density at radius 1 is 1.47 bits per heavy atom. The average molecular weight is 235 g/mol. The number of hydrogen-bond donors (Lipinski definition) is 1. The second-order valence-electron chi connectivity index (χ2n) is 5.91. The molecule has 0 amide bonds. The minimum absolute atomic E-state index is 0.614. The van der Waals surface area contributed by atoms with Crippen LogP contribution in [0.5, 0.6) is 0 Å². The first-order valence-electron chi connectivity index (χ1n) is 6.86. The lowest BCUT2D eigenvalue weighted by Crippen LogP contribution is -2.24. The average Bonchev–Trinajstić information content (AvgIpc) is 2.75. The van der Waals surface area contributed by atoms with Crippen molar-refractivity contribution < 1.29 is 0 Å². The number of rotatable bonds is 4. The summed E-state index contributed by atoms with van der Waals surface area (Å²) >= 11 is 0. The van der Waals surface area contributed by atoms with E-state index in [9.17, 15) is 0 Å². The van der Waals surface area contributed by atoms with Crippen molar-refractivity contribution >= 4 is 5.95 Å². The quantitative estimate of drug-likeness (QED) is 0.866. The van der Waals surface area contributed by atoms with Crippen LogP contribution in [0.4, 0.5) is 5.95 Å². The van der Waals surface area contributed by atoms with E-state index in [4.69, 9.17) is 0 Å². The van der Waals surface area contributed by atoms with Gasteiger partial charge >= 0.3 is 0 Å². The van der Waals surface area contributed by atoms with Crippen LogP contribution >= 0.6 is 0 Å². The van der Waals surface area contributed by atoms with Gasteiger partial charge in [0.15, 0.2) is 0 Å². The van der Waals surface area contributed by atoms with Crippen LogP contribution in [-0.4, -0.2) is 15.6 Å². The Hall–Kier alpha value is -0.990. The van der Waals surface area contributed by atoms with Gasteiger partial charge in [0, 0.05) is 18.8 Å². The predicted molar refractivity (Wildman–Crippen MR) is 72.2 cm³/mol. The summed E-state index contributed by atoms with van der Waals surface area (Å²) in [6.07, 6.45) is 6.14. The van der Waals surface area contributed by atoms with Gasteiger partial charge in [0.1, 0.15) is 0 Å². The second-order valence-corrected chi connectivity index (χ2v) is 5.91. The minimum Gasteiger partial charge on any atom is -0.353 e. The van der Waals surface area contributed by atoms with E-state index in [0.29, 0.717) is 12.0 Å². The molecule has 17 heavy (non-hydrogen) atoms. The van der Waals surface area contributed by atoms with Gasteiger partial charge in [-0.1, -0.05) is 27.2 Å². The van der Waals surface area contributed by atoms with E-state index in [0.717, 1.165) is 24.1 Å². The molecule has 0 aromatic carbocycles.